The van der Waals surface area contributed by atoms with E-state index in [1.54, 1.807) is 0 Å². The monoisotopic (exact) mass is 332 g/mol. The topological polar surface area (TPSA) is 42.0 Å². The van der Waals surface area contributed by atoms with Crippen molar-refractivity contribution in [3.05, 3.63) is 35.5 Å². The van der Waals surface area contributed by atoms with Crippen LogP contribution in [0.4, 0.5) is 5.69 Å². The summed E-state index contributed by atoms with van der Waals surface area (Å²) in [6, 6.07) is 8.11. The molecule has 0 saturated heterocycles. The molecule has 124 valence electrons. The predicted octanol–water partition coefficient (Wildman–Crippen LogP) is 5.02. The number of Topliss-reactive ketones (excluding diaryl/α,β-unsaturated/α-hetero) is 1. The van der Waals surface area contributed by atoms with Gasteiger partial charge in [-0.05, 0) is 24.3 Å². The fraction of sp³-hybridized carbons (Fsp3) is 0.474. The molecule has 1 aliphatic rings. The molecule has 2 aromatic rings. The van der Waals surface area contributed by atoms with Crippen molar-refractivity contribution in [3.8, 4) is 0 Å². The number of pyridine rings is 1. The van der Waals surface area contributed by atoms with Crippen LogP contribution < -0.4 is 5.32 Å². The lowest BCUT2D eigenvalue weighted by Crippen LogP contribution is -2.29. The molecule has 0 fully saturated rings. The third-order valence-electron chi connectivity index (χ3n) is 4.36. The van der Waals surface area contributed by atoms with Gasteiger partial charge in [0.2, 0.25) is 0 Å². The van der Waals surface area contributed by atoms with E-state index in [0.717, 1.165) is 53.7 Å². The number of anilines is 1. The van der Waals surface area contributed by atoms with Gasteiger partial charge in [-0.25, -0.2) is 0 Å². The smallest absolute Gasteiger partial charge is 0.167 e. The molecule has 0 atom stereocenters. The maximum atomic E-state index is 12.7. The zero-order valence-electron chi connectivity index (χ0n) is 14.1. The highest BCUT2D eigenvalue weighted by atomic mass is 35.5. The first-order valence-corrected chi connectivity index (χ1v) is 8.20. The Morgan fingerprint density at radius 1 is 1.22 bits per heavy atom. The fourth-order valence-electron chi connectivity index (χ4n) is 3.30. The zero-order chi connectivity index (χ0) is 15.7. The average Bonchev–Trinajstić information content (AvgIpc) is 2.45. The van der Waals surface area contributed by atoms with E-state index in [-0.39, 0.29) is 23.6 Å². The molecule has 0 saturated carbocycles. The number of nitrogens with zero attached hydrogens (tertiary/aromatic N) is 1. The molecule has 0 unspecified atom stereocenters. The van der Waals surface area contributed by atoms with Crippen molar-refractivity contribution in [2.45, 2.75) is 46.5 Å². The van der Waals surface area contributed by atoms with E-state index in [1.165, 1.54) is 0 Å². The van der Waals surface area contributed by atoms with Gasteiger partial charge in [-0.1, -0.05) is 45.4 Å². The Morgan fingerprint density at radius 3 is 2.70 bits per heavy atom. The summed E-state index contributed by atoms with van der Waals surface area (Å²) in [6.45, 7) is 7.37. The molecule has 0 radical (unpaired) electrons. The summed E-state index contributed by atoms with van der Waals surface area (Å²) in [6.07, 6.45) is 3.70. The average molecular weight is 333 g/mol. The van der Waals surface area contributed by atoms with E-state index in [9.17, 15) is 4.79 Å². The molecule has 0 spiro atoms. The van der Waals surface area contributed by atoms with Crippen molar-refractivity contribution in [2.24, 2.45) is 5.41 Å². The number of para-hydroxylation sites is 1. The van der Waals surface area contributed by atoms with E-state index in [1.807, 2.05) is 18.2 Å². The third-order valence-corrected chi connectivity index (χ3v) is 4.36. The molecule has 0 bridgehead atoms. The van der Waals surface area contributed by atoms with Crippen LogP contribution in [0.15, 0.2) is 24.3 Å². The number of benzene rings is 1. The van der Waals surface area contributed by atoms with Crippen molar-refractivity contribution in [3.63, 3.8) is 0 Å². The summed E-state index contributed by atoms with van der Waals surface area (Å²) in [7, 11) is 0. The van der Waals surface area contributed by atoms with Crippen molar-refractivity contribution >= 4 is 34.8 Å². The molecule has 3 nitrogen and oxygen atoms in total. The number of hydrogen-bond donors (Lipinski definition) is 1. The number of ketones is 1. The highest BCUT2D eigenvalue weighted by molar-refractivity contribution is 6.10. The van der Waals surface area contributed by atoms with Crippen LogP contribution in [0.1, 0.15) is 56.1 Å². The molecule has 23 heavy (non-hydrogen) atoms. The minimum absolute atomic E-state index is 0. The van der Waals surface area contributed by atoms with Crippen molar-refractivity contribution < 1.29 is 4.79 Å². The highest BCUT2D eigenvalue weighted by Crippen LogP contribution is 2.39. The number of nitrogens with one attached hydrogen (secondary N) is 1. The lowest BCUT2D eigenvalue weighted by atomic mass is 9.75. The van der Waals surface area contributed by atoms with Gasteiger partial charge >= 0.3 is 0 Å². The Balaban J connectivity index is 0.00000192. The number of hydrogen-bond acceptors (Lipinski definition) is 3. The summed E-state index contributed by atoms with van der Waals surface area (Å²) >= 11 is 0. The molecule has 1 aromatic heterocycles. The molecule has 1 heterocycles. The summed E-state index contributed by atoms with van der Waals surface area (Å²) in [4.78, 5) is 17.5. The number of halogens is 1. The Morgan fingerprint density at radius 2 is 1.96 bits per heavy atom. The van der Waals surface area contributed by atoms with Gasteiger partial charge in [-0.3, -0.25) is 9.78 Å². The Labute approximate surface area is 144 Å². The minimum atomic E-state index is 0. The second kappa shape index (κ2) is 6.88. The number of carbonyl (C=O) groups is 1. The quantitative estimate of drug-likeness (QED) is 0.799. The van der Waals surface area contributed by atoms with E-state index in [4.69, 9.17) is 4.98 Å². The molecule has 1 N–H and O–H groups in total. The largest absolute Gasteiger partial charge is 0.384 e. The van der Waals surface area contributed by atoms with Crippen molar-refractivity contribution in [1.29, 1.82) is 0 Å². The van der Waals surface area contributed by atoms with Gasteiger partial charge in [-0.15, -0.1) is 12.4 Å². The van der Waals surface area contributed by atoms with E-state index >= 15 is 0 Å². The van der Waals surface area contributed by atoms with Crippen LogP contribution in [0.25, 0.3) is 10.9 Å². The summed E-state index contributed by atoms with van der Waals surface area (Å²) < 4.78 is 0. The van der Waals surface area contributed by atoms with Crippen LogP contribution in [0.5, 0.6) is 0 Å². The number of aromatic nitrogens is 1. The number of unbranched alkanes of at least 4 members (excludes halogenated alkanes) is 1. The number of fused-ring (bicyclic) bond motifs is 2. The van der Waals surface area contributed by atoms with Crippen LogP contribution in [0.2, 0.25) is 0 Å². The maximum absolute atomic E-state index is 12.7. The molecule has 4 heteroatoms. The first-order valence-electron chi connectivity index (χ1n) is 8.20. The van der Waals surface area contributed by atoms with Crippen LogP contribution in [-0.4, -0.2) is 17.3 Å². The van der Waals surface area contributed by atoms with Crippen molar-refractivity contribution in [2.75, 3.05) is 11.9 Å². The second-order valence-corrected chi connectivity index (χ2v) is 7.05. The molecule has 3 rings (SSSR count). The van der Waals surface area contributed by atoms with Crippen molar-refractivity contribution in [1.82, 2.24) is 4.98 Å². The number of rotatable bonds is 4. The van der Waals surface area contributed by atoms with Gasteiger partial charge in [0.25, 0.3) is 0 Å². The molecule has 0 aliphatic heterocycles. The highest BCUT2D eigenvalue weighted by Gasteiger charge is 2.34. The van der Waals surface area contributed by atoms with E-state index < -0.39 is 0 Å². The van der Waals surface area contributed by atoms with Gasteiger partial charge in [0.05, 0.1) is 22.5 Å². The lowest BCUT2D eigenvalue weighted by molar-refractivity contribution is 0.0911. The molecule has 1 aromatic carbocycles. The molecular weight excluding hydrogens is 308 g/mol. The van der Waals surface area contributed by atoms with Crippen LogP contribution >= 0.6 is 12.4 Å². The first-order chi connectivity index (χ1) is 10.5. The Kier molecular flexibility index (Phi) is 5.30. The number of carbonyl (C=O) groups excluding carboxylic acids is 1. The zero-order valence-corrected chi connectivity index (χ0v) is 14.9. The molecule has 1 aliphatic carbocycles. The van der Waals surface area contributed by atoms with Gasteiger partial charge in [-0.2, -0.15) is 0 Å². The summed E-state index contributed by atoms with van der Waals surface area (Å²) in [5.41, 5.74) is 3.76. The van der Waals surface area contributed by atoms with E-state index in [0.29, 0.717) is 6.42 Å². The third kappa shape index (κ3) is 3.50. The normalized spacial score (nSPS) is 15.9. The van der Waals surface area contributed by atoms with Gasteiger partial charge in [0.15, 0.2) is 5.78 Å². The predicted molar refractivity (Wildman–Crippen MR) is 98.8 cm³/mol. The molecular formula is C19H25ClN2O. The van der Waals surface area contributed by atoms with Crippen LogP contribution in [0, 0.1) is 5.41 Å². The SMILES string of the molecule is CCCCNc1c2c(nc3ccccc13)CC(C)(C)CC2=O.Cl. The summed E-state index contributed by atoms with van der Waals surface area (Å²) in [5.74, 6) is 0.225. The Bertz CT molecular complexity index is 725. The summed E-state index contributed by atoms with van der Waals surface area (Å²) in [5, 5.41) is 4.57. The van der Waals surface area contributed by atoms with Crippen LogP contribution in [0.3, 0.4) is 0 Å². The maximum Gasteiger partial charge on any atom is 0.167 e. The van der Waals surface area contributed by atoms with Gasteiger partial charge in [0.1, 0.15) is 0 Å². The van der Waals surface area contributed by atoms with Gasteiger partial charge < -0.3 is 5.32 Å². The second-order valence-electron chi connectivity index (χ2n) is 7.05. The first kappa shape index (κ1) is 17.7. The fourth-order valence-corrected chi connectivity index (χ4v) is 3.30. The van der Waals surface area contributed by atoms with E-state index in [2.05, 4.69) is 32.2 Å². The standard InChI is InChI=1S/C19H24N2O.ClH/c1-4-5-10-20-18-13-8-6-7-9-14(13)21-15-11-19(2,3)12-16(22)17(15)18;/h6-9H,4-5,10-12H2,1-3H3,(H,20,21);1H. The lowest BCUT2D eigenvalue weighted by Gasteiger charge is -2.31. The minimum Gasteiger partial charge on any atom is -0.384 e. The van der Waals surface area contributed by atoms with Crippen LogP contribution in [-0.2, 0) is 6.42 Å². The molecule has 0 amide bonds. The van der Waals surface area contributed by atoms with Gasteiger partial charge in [0, 0.05) is 18.4 Å². The Hall–Kier alpha value is -1.61.